The van der Waals surface area contributed by atoms with Crippen molar-refractivity contribution in [2.45, 2.75) is 0 Å². The molecule has 0 amide bonds. The van der Waals surface area contributed by atoms with Gasteiger partial charge in [0.1, 0.15) is 11.2 Å². The monoisotopic (exact) mass is 854 g/mol. The van der Waals surface area contributed by atoms with Gasteiger partial charge in [-0.2, -0.15) is 0 Å². The van der Waals surface area contributed by atoms with Crippen molar-refractivity contribution in [1.29, 1.82) is 0 Å². The average Bonchev–Trinajstić information content (AvgIpc) is 3.95. The Morgan fingerprint density at radius 2 is 0.881 bits per heavy atom. The van der Waals surface area contributed by atoms with Crippen LogP contribution in [0.15, 0.2) is 259 Å². The molecule has 3 heteroatoms. The van der Waals surface area contributed by atoms with Crippen LogP contribution in [0.4, 0.5) is 17.1 Å². The second-order valence-corrected chi connectivity index (χ2v) is 17.2. The van der Waals surface area contributed by atoms with E-state index in [2.05, 4.69) is 252 Å². The summed E-state index contributed by atoms with van der Waals surface area (Å²) in [4.78, 5) is 2.47. The molecule has 0 radical (unpaired) electrons. The fraction of sp³-hybridized carbons (Fsp3) is 0. The highest BCUT2D eigenvalue weighted by atomic mass is 16.3. The quantitative estimate of drug-likeness (QED) is 0.152. The van der Waals surface area contributed by atoms with Gasteiger partial charge in [0.05, 0.1) is 22.4 Å². The number of hydrogen-bond donors (Lipinski definition) is 0. The first-order valence-electron chi connectivity index (χ1n) is 22.9. The molecule has 0 bridgehead atoms. The summed E-state index contributed by atoms with van der Waals surface area (Å²) in [5.74, 6) is 0. The van der Waals surface area contributed by atoms with Crippen molar-refractivity contribution in [2.24, 2.45) is 0 Å². The highest BCUT2D eigenvalue weighted by Gasteiger charge is 2.24. The summed E-state index contributed by atoms with van der Waals surface area (Å²) in [6, 6.07) is 92.1. The number of furan rings is 1. The predicted molar refractivity (Wildman–Crippen MR) is 282 cm³/mol. The van der Waals surface area contributed by atoms with Gasteiger partial charge in [0, 0.05) is 49.6 Å². The zero-order valence-corrected chi connectivity index (χ0v) is 36.6. The first-order valence-corrected chi connectivity index (χ1v) is 22.9. The van der Waals surface area contributed by atoms with Gasteiger partial charge in [0.2, 0.25) is 0 Å². The molecule has 67 heavy (non-hydrogen) atoms. The lowest BCUT2D eigenvalue weighted by atomic mass is 9.90. The summed E-state index contributed by atoms with van der Waals surface area (Å²) >= 11 is 0. The van der Waals surface area contributed by atoms with Crippen LogP contribution in [0.2, 0.25) is 0 Å². The Labute approximate surface area is 388 Å². The second-order valence-electron chi connectivity index (χ2n) is 17.2. The summed E-state index contributed by atoms with van der Waals surface area (Å²) in [7, 11) is 0. The fourth-order valence-electron chi connectivity index (χ4n) is 10.4. The molecule has 13 rings (SSSR count). The lowest BCUT2D eigenvalue weighted by Gasteiger charge is -2.30. The molecule has 13 aromatic rings. The van der Waals surface area contributed by atoms with Gasteiger partial charge in [-0.3, -0.25) is 0 Å². The van der Waals surface area contributed by atoms with Gasteiger partial charge in [-0.1, -0.05) is 194 Å². The lowest BCUT2D eigenvalue weighted by Crippen LogP contribution is -2.12. The Morgan fingerprint density at radius 3 is 1.66 bits per heavy atom. The van der Waals surface area contributed by atoms with Crippen LogP contribution >= 0.6 is 0 Å². The third-order valence-electron chi connectivity index (χ3n) is 13.4. The van der Waals surface area contributed by atoms with Crippen molar-refractivity contribution < 1.29 is 4.42 Å². The number of anilines is 3. The third kappa shape index (κ3) is 6.43. The molecule has 0 aliphatic heterocycles. The van der Waals surface area contributed by atoms with Crippen molar-refractivity contribution in [2.75, 3.05) is 4.90 Å². The van der Waals surface area contributed by atoms with Gasteiger partial charge in [0.15, 0.2) is 0 Å². The van der Waals surface area contributed by atoms with Gasteiger partial charge in [-0.05, 0) is 99.3 Å². The van der Waals surface area contributed by atoms with Crippen molar-refractivity contribution in [3.8, 4) is 50.2 Å². The van der Waals surface area contributed by atoms with Crippen molar-refractivity contribution >= 4 is 71.6 Å². The zero-order valence-electron chi connectivity index (χ0n) is 36.6. The summed E-state index contributed by atoms with van der Waals surface area (Å²) in [5.41, 5.74) is 17.8. The fourth-order valence-corrected chi connectivity index (χ4v) is 10.4. The van der Waals surface area contributed by atoms with Gasteiger partial charge >= 0.3 is 0 Å². The van der Waals surface area contributed by atoms with E-state index in [-0.39, 0.29) is 0 Å². The van der Waals surface area contributed by atoms with Crippen molar-refractivity contribution in [1.82, 2.24) is 4.57 Å². The standard InChI is InChI=1S/C64H42N2O/c1-3-18-44(19-4-1)49-28-15-20-45-21-16-29-54(63(45)49)50-24-7-11-32-58(50)65(48-39-36-43(37-40-48)46-38-41-62-57(42-46)53-27-10-14-35-61(53)67-62)59-33-12-8-25-51(59)55-30-17-31-56-52-26-9-13-34-60(52)66(64(55)56)47-22-5-2-6-23-47/h1-42H. The molecule has 3 nitrogen and oxygen atoms in total. The molecule has 2 heterocycles. The largest absolute Gasteiger partial charge is 0.456 e. The van der Waals surface area contributed by atoms with Gasteiger partial charge < -0.3 is 13.9 Å². The highest BCUT2D eigenvalue weighted by Crippen LogP contribution is 2.49. The van der Waals surface area contributed by atoms with E-state index in [0.717, 1.165) is 72.5 Å². The maximum Gasteiger partial charge on any atom is 0.135 e. The van der Waals surface area contributed by atoms with E-state index in [1.54, 1.807) is 0 Å². The molecular formula is C64H42N2O. The maximum absolute atomic E-state index is 6.21. The third-order valence-corrected chi connectivity index (χ3v) is 13.4. The van der Waals surface area contributed by atoms with E-state index >= 15 is 0 Å². The summed E-state index contributed by atoms with van der Waals surface area (Å²) in [6.07, 6.45) is 0. The van der Waals surface area contributed by atoms with E-state index in [9.17, 15) is 0 Å². The minimum absolute atomic E-state index is 0.895. The number of fused-ring (bicyclic) bond motifs is 7. The maximum atomic E-state index is 6.21. The van der Waals surface area contributed by atoms with Crippen molar-refractivity contribution in [3.05, 3.63) is 255 Å². The number of nitrogens with zero attached hydrogens (tertiary/aromatic N) is 2. The van der Waals surface area contributed by atoms with Crippen LogP contribution in [0.1, 0.15) is 0 Å². The minimum Gasteiger partial charge on any atom is -0.456 e. The molecule has 2 aromatic heterocycles. The normalized spacial score (nSPS) is 11.6. The molecule has 0 atom stereocenters. The number of rotatable bonds is 8. The Balaban J connectivity index is 1.05. The zero-order chi connectivity index (χ0) is 44.3. The minimum atomic E-state index is 0.895. The Morgan fingerprint density at radius 1 is 0.328 bits per heavy atom. The van der Waals surface area contributed by atoms with Crippen molar-refractivity contribution in [3.63, 3.8) is 0 Å². The first kappa shape index (κ1) is 38.5. The molecule has 0 aliphatic carbocycles. The van der Waals surface area contributed by atoms with Crippen LogP contribution in [-0.2, 0) is 0 Å². The first-order chi connectivity index (χ1) is 33.3. The summed E-state index contributed by atoms with van der Waals surface area (Å²) in [5, 5.41) is 7.12. The smallest absolute Gasteiger partial charge is 0.135 e. The Hall–Kier alpha value is -8.92. The summed E-state index contributed by atoms with van der Waals surface area (Å²) in [6.45, 7) is 0. The van der Waals surface area contributed by atoms with E-state index in [1.807, 2.05) is 12.1 Å². The van der Waals surface area contributed by atoms with E-state index < -0.39 is 0 Å². The number of benzene rings is 11. The molecule has 11 aromatic carbocycles. The van der Waals surface area contributed by atoms with Crippen LogP contribution in [0.3, 0.4) is 0 Å². The lowest BCUT2D eigenvalue weighted by molar-refractivity contribution is 0.669. The van der Waals surface area contributed by atoms with Crippen LogP contribution in [-0.4, -0.2) is 4.57 Å². The van der Waals surface area contributed by atoms with E-state index in [1.165, 1.54) is 49.3 Å². The Kier molecular flexibility index (Phi) is 9.17. The number of para-hydroxylation sites is 6. The SMILES string of the molecule is c1ccc(-c2cccc3cccc(-c4ccccc4N(c4ccc(-c5ccc6oc7ccccc7c6c5)cc4)c4ccccc4-c4cccc5c6ccccc6n(-c6ccccc6)c45)c23)cc1. The van der Waals surface area contributed by atoms with Gasteiger partial charge in [-0.15, -0.1) is 0 Å². The summed E-state index contributed by atoms with van der Waals surface area (Å²) < 4.78 is 8.65. The molecule has 0 saturated heterocycles. The topological polar surface area (TPSA) is 21.3 Å². The molecular weight excluding hydrogens is 813 g/mol. The number of aromatic nitrogens is 1. The van der Waals surface area contributed by atoms with E-state index in [4.69, 9.17) is 4.42 Å². The molecule has 0 saturated carbocycles. The molecule has 314 valence electrons. The van der Waals surface area contributed by atoms with Crippen LogP contribution in [0, 0.1) is 0 Å². The molecule has 0 spiro atoms. The van der Waals surface area contributed by atoms with E-state index in [0.29, 0.717) is 0 Å². The molecule has 0 aliphatic rings. The molecule has 0 N–H and O–H groups in total. The predicted octanol–water partition coefficient (Wildman–Crippen LogP) is 18.0. The van der Waals surface area contributed by atoms with Crippen LogP contribution in [0.5, 0.6) is 0 Å². The van der Waals surface area contributed by atoms with Gasteiger partial charge in [0.25, 0.3) is 0 Å². The molecule has 0 fully saturated rings. The Bertz CT molecular complexity index is 3970. The highest BCUT2D eigenvalue weighted by molar-refractivity contribution is 6.15. The second kappa shape index (κ2) is 16.0. The van der Waals surface area contributed by atoms with Crippen LogP contribution < -0.4 is 4.90 Å². The molecule has 0 unspecified atom stereocenters. The van der Waals surface area contributed by atoms with Crippen LogP contribution in [0.25, 0.3) is 105 Å². The average molecular weight is 855 g/mol. The van der Waals surface area contributed by atoms with Gasteiger partial charge in [-0.25, -0.2) is 0 Å². The number of hydrogen-bond acceptors (Lipinski definition) is 2.